The van der Waals surface area contributed by atoms with Gasteiger partial charge in [-0.1, -0.05) is 115 Å². The number of benzene rings is 6. The van der Waals surface area contributed by atoms with Gasteiger partial charge in [-0.25, -0.2) is 4.39 Å². The van der Waals surface area contributed by atoms with Crippen molar-refractivity contribution in [2.24, 2.45) is 0 Å². The highest BCUT2D eigenvalue weighted by molar-refractivity contribution is 6.33. The van der Waals surface area contributed by atoms with Crippen LogP contribution in [0.4, 0.5) is 4.39 Å². The van der Waals surface area contributed by atoms with Gasteiger partial charge in [0.05, 0.1) is 16.2 Å². The van der Waals surface area contributed by atoms with Crippen LogP contribution < -0.4 is 4.74 Å². The van der Waals surface area contributed by atoms with Gasteiger partial charge in [-0.15, -0.1) is 0 Å². The zero-order chi connectivity index (χ0) is 45.3. The van der Waals surface area contributed by atoms with Gasteiger partial charge in [-0.05, 0) is 101 Å². The summed E-state index contributed by atoms with van der Waals surface area (Å²) in [5.41, 5.74) is 7.86. The summed E-state index contributed by atoms with van der Waals surface area (Å²) in [6.45, 7) is 7.00. The van der Waals surface area contributed by atoms with E-state index < -0.39 is 5.82 Å². The van der Waals surface area contributed by atoms with Crippen LogP contribution in [0.2, 0.25) is 10.0 Å². The number of aromatic nitrogens is 2. The number of likely N-dealkylation sites (tertiary alicyclic amines) is 2. The lowest BCUT2D eigenvalue weighted by molar-refractivity contribution is -0.126. The van der Waals surface area contributed by atoms with E-state index in [0.717, 1.165) is 50.3 Å². The molecule has 11 rings (SSSR count). The summed E-state index contributed by atoms with van der Waals surface area (Å²) in [6.07, 6.45) is 10.7. The molecule has 3 aliphatic heterocycles. The van der Waals surface area contributed by atoms with Crippen molar-refractivity contribution in [2.45, 2.75) is 57.5 Å². The average molecular weight is 918 g/mol. The Morgan fingerprint density at radius 2 is 1.35 bits per heavy atom. The van der Waals surface area contributed by atoms with Gasteiger partial charge in [0.2, 0.25) is 0 Å². The number of carbonyl (C=O) groups excluding carboxylic acids is 2. The van der Waals surface area contributed by atoms with Gasteiger partial charge < -0.3 is 23.7 Å². The maximum atomic E-state index is 14.4. The molecule has 0 spiro atoms. The molecule has 3 aliphatic rings. The molecular formula is C56H51Cl2FN4O3. The Bertz CT molecular complexity index is 3130. The van der Waals surface area contributed by atoms with Crippen LogP contribution >= 0.6 is 23.2 Å². The fraction of sp³-hybridized carbons (Fsp3) is 0.250. The smallest absolute Gasteiger partial charge is 0.258 e. The minimum Gasteiger partial charge on any atom is -0.488 e. The SMILES string of the molecule is CCCCn1cc(C2CCN(C(=O)C3=Cc4cc(Cl)ccc4OC3)C2)c2ccccc21.O=C(c1c(F)cccc1Cl)N1CCC(c2cn(Cc3ccc4ccccc4c3)c3ccccc23)C1. The third-order valence-corrected chi connectivity index (χ3v) is 14.1. The standard InChI is InChI=1S/C30H24ClFN2O.C26H27ClN2O2/c31-26-9-5-10-27(32)29(26)30(35)33-15-14-23(18-33)25-19-34(28-11-4-3-8-24(25)28)17-20-12-13-21-6-1-2-7-22(21)16-20;1-2-3-11-28-16-23(22-6-4-5-7-24(22)28)18-10-12-29(15-18)26(30)20-13-19-14-21(27)8-9-25(19)31-17-20/h1-13,16,19,23H,14-15,17-18H2;4-9,13-14,16,18H,2-3,10-12,15,17H2,1H3. The average Bonchev–Trinajstić information content (AvgIpc) is 4.17. The summed E-state index contributed by atoms with van der Waals surface area (Å²) in [6, 6.07) is 42.0. The van der Waals surface area contributed by atoms with Crippen molar-refractivity contribution in [2.75, 3.05) is 32.8 Å². The molecular weight excluding hydrogens is 867 g/mol. The number of unbranched alkanes of at least 4 members (excludes halogenated alkanes) is 1. The van der Waals surface area contributed by atoms with Gasteiger partial charge >= 0.3 is 0 Å². The van der Waals surface area contributed by atoms with Crippen LogP contribution in [0.5, 0.6) is 5.75 Å². The molecule has 334 valence electrons. The molecule has 6 aromatic carbocycles. The Morgan fingerprint density at radius 1 is 0.697 bits per heavy atom. The fourth-order valence-electron chi connectivity index (χ4n) is 10.1. The van der Waals surface area contributed by atoms with Gasteiger partial charge in [0.15, 0.2) is 0 Å². The van der Waals surface area contributed by atoms with Gasteiger partial charge in [0.1, 0.15) is 18.2 Å². The molecule has 7 nitrogen and oxygen atoms in total. The van der Waals surface area contributed by atoms with Crippen LogP contribution in [-0.2, 0) is 17.9 Å². The van der Waals surface area contributed by atoms with E-state index in [2.05, 4.69) is 119 Å². The van der Waals surface area contributed by atoms with Gasteiger partial charge in [-0.2, -0.15) is 0 Å². The van der Waals surface area contributed by atoms with E-state index in [-0.39, 0.29) is 28.3 Å². The molecule has 5 heterocycles. The number of fused-ring (bicyclic) bond motifs is 4. The first-order valence-corrected chi connectivity index (χ1v) is 23.8. The zero-order valence-corrected chi connectivity index (χ0v) is 38.4. The maximum Gasteiger partial charge on any atom is 0.258 e. The molecule has 2 atom stereocenters. The van der Waals surface area contributed by atoms with Crippen molar-refractivity contribution in [3.8, 4) is 5.75 Å². The lowest BCUT2D eigenvalue weighted by Gasteiger charge is -2.22. The Balaban J connectivity index is 0.000000156. The molecule has 2 unspecified atom stereocenters. The van der Waals surface area contributed by atoms with Crippen LogP contribution in [-0.4, -0.2) is 63.5 Å². The number of rotatable bonds is 9. The first-order chi connectivity index (χ1) is 32.2. The number of ether oxygens (including phenoxy) is 1. The third-order valence-electron chi connectivity index (χ3n) is 13.5. The van der Waals surface area contributed by atoms with Crippen molar-refractivity contribution in [1.82, 2.24) is 18.9 Å². The Labute approximate surface area is 394 Å². The fourth-order valence-corrected chi connectivity index (χ4v) is 10.5. The molecule has 0 saturated carbocycles. The molecule has 2 amide bonds. The second kappa shape index (κ2) is 18.9. The van der Waals surface area contributed by atoms with E-state index >= 15 is 0 Å². The number of amides is 2. The molecule has 2 aromatic heterocycles. The van der Waals surface area contributed by atoms with E-state index in [9.17, 15) is 14.0 Å². The molecule has 2 fully saturated rings. The summed E-state index contributed by atoms with van der Waals surface area (Å²) in [7, 11) is 0. The summed E-state index contributed by atoms with van der Waals surface area (Å²) in [5, 5.41) is 5.80. The predicted molar refractivity (Wildman–Crippen MR) is 265 cm³/mol. The Kier molecular flexibility index (Phi) is 12.4. The van der Waals surface area contributed by atoms with Crippen LogP contribution in [0, 0.1) is 5.82 Å². The van der Waals surface area contributed by atoms with Crippen LogP contribution in [0.15, 0.2) is 145 Å². The molecule has 0 radical (unpaired) electrons. The maximum absolute atomic E-state index is 14.4. The van der Waals surface area contributed by atoms with Crippen molar-refractivity contribution in [1.29, 1.82) is 0 Å². The monoisotopic (exact) mass is 916 g/mol. The lowest BCUT2D eigenvalue weighted by Crippen LogP contribution is -2.32. The Hall–Kier alpha value is -6.35. The summed E-state index contributed by atoms with van der Waals surface area (Å²) in [4.78, 5) is 30.0. The predicted octanol–water partition coefficient (Wildman–Crippen LogP) is 13.2. The highest BCUT2D eigenvalue weighted by Gasteiger charge is 2.33. The highest BCUT2D eigenvalue weighted by Crippen LogP contribution is 2.38. The van der Waals surface area contributed by atoms with E-state index in [1.165, 1.54) is 74.2 Å². The second-order valence-electron chi connectivity index (χ2n) is 17.8. The van der Waals surface area contributed by atoms with Crippen LogP contribution in [0.3, 0.4) is 0 Å². The minimum absolute atomic E-state index is 0.0338. The molecule has 0 aliphatic carbocycles. The van der Waals surface area contributed by atoms with Crippen molar-refractivity contribution in [3.05, 3.63) is 189 Å². The summed E-state index contributed by atoms with van der Waals surface area (Å²) >= 11 is 12.3. The molecule has 10 heteroatoms. The quantitative estimate of drug-likeness (QED) is 0.145. The number of nitrogens with zero attached hydrogens (tertiary/aromatic N) is 4. The largest absolute Gasteiger partial charge is 0.488 e. The van der Waals surface area contributed by atoms with E-state index in [1.54, 1.807) is 11.0 Å². The molecule has 66 heavy (non-hydrogen) atoms. The van der Waals surface area contributed by atoms with E-state index in [0.29, 0.717) is 36.2 Å². The van der Waals surface area contributed by atoms with Crippen LogP contribution in [0.1, 0.15) is 77.1 Å². The third kappa shape index (κ3) is 8.72. The topological polar surface area (TPSA) is 59.7 Å². The van der Waals surface area contributed by atoms with Gasteiger partial charge in [-0.3, -0.25) is 9.59 Å². The molecule has 2 saturated heterocycles. The zero-order valence-electron chi connectivity index (χ0n) is 36.9. The number of halogens is 3. The van der Waals surface area contributed by atoms with Crippen molar-refractivity contribution < 1.29 is 18.7 Å². The van der Waals surface area contributed by atoms with Gasteiger partial charge in [0.25, 0.3) is 11.8 Å². The van der Waals surface area contributed by atoms with Gasteiger partial charge in [0, 0.05) is 95.9 Å². The lowest BCUT2D eigenvalue weighted by atomic mass is 9.98. The molecule has 8 aromatic rings. The van der Waals surface area contributed by atoms with Crippen LogP contribution in [0.25, 0.3) is 38.7 Å². The van der Waals surface area contributed by atoms with E-state index in [1.807, 2.05) is 29.2 Å². The normalized spacial score (nSPS) is 16.9. The minimum atomic E-state index is -0.571. The number of aryl methyl sites for hydroxylation is 1. The molecule has 0 bridgehead atoms. The van der Waals surface area contributed by atoms with Crippen molar-refractivity contribution in [3.63, 3.8) is 0 Å². The Morgan fingerprint density at radius 3 is 2.06 bits per heavy atom. The second-order valence-corrected chi connectivity index (χ2v) is 18.6. The first-order valence-electron chi connectivity index (χ1n) is 23.0. The molecule has 0 N–H and O–H groups in total. The summed E-state index contributed by atoms with van der Waals surface area (Å²) in [5.74, 6) is 0.493. The number of hydrogen-bond donors (Lipinski definition) is 0. The highest BCUT2D eigenvalue weighted by atomic mass is 35.5. The number of para-hydroxylation sites is 2. The number of carbonyl (C=O) groups is 2. The van der Waals surface area contributed by atoms with E-state index in [4.69, 9.17) is 27.9 Å². The summed E-state index contributed by atoms with van der Waals surface area (Å²) < 4.78 is 24.8. The van der Waals surface area contributed by atoms with Crippen molar-refractivity contribution >= 4 is 73.7 Å². The number of hydrogen-bond acceptors (Lipinski definition) is 3. The first kappa shape index (κ1) is 43.5.